The second kappa shape index (κ2) is 9.08. The van der Waals surface area contributed by atoms with E-state index < -0.39 is 7.49 Å². The summed E-state index contributed by atoms with van der Waals surface area (Å²) in [5, 5.41) is 2.27. The molecular weight excluding hydrogens is 287 g/mol. The average molecular weight is 316 g/mol. The first-order valence-corrected chi connectivity index (χ1v) is 10.8. The fraction of sp³-hybridized carbons (Fsp3) is 0.400. The Morgan fingerprint density at radius 3 is 1.64 bits per heavy atom. The van der Waals surface area contributed by atoms with E-state index in [1.165, 1.54) is 32.1 Å². The van der Waals surface area contributed by atoms with Crippen LogP contribution in [0.15, 0.2) is 60.7 Å². The minimum atomic E-state index is -2.57. The van der Waals surface area contributed by atoms with Crippen molar-refractivity contribution in [3.05, 3.63) is 60.7 Å². The first-order chi connectivity index (χ1) is 10.8. The van der Waals surface area contributed by atoms with E-state index in [0.29, 0.717) is 0 Å². The zero-order valence-electron chi connectivity index (χ0n) is 13.7. The van der Waals surface area contributed by atoms with Crippen LogP contribution in [-0.4, -0.2) is 11.1 Å². The second-order valence-corrected chi connectivity index (χ2v) is 9.49. The quantitative estimate of drug-likeness (QED) is 0.527. The van der Waals surface area contributed by atoms with Crippen LogP contribution in [0.3, 0.4) is 0 Å². The molecule has 0 amide bonds. The zero-order chi connectivity index (χ0) is 15.7. The van der Waals surface area contributed by atoms with Crippen LogP contribution >= 0.6 is 7.49 Å². The molecule has 22 heavy (non-hydrogen) atoms. The summed E-state index contributed by atoms with van der Waals surface area (Å²) in [7, 11) is -2.57. The summed E-state index contributed by atoms with van der Waals surface area (Å²) < 4.78 is 0. The third kappa shape index (κ3) is 4.66. The molecule has 2 aromatic carbocycles. The third-order valence-electron chi connectivity index (χ3n) is 4.39. The Kier molecular flexibility index (Phi) is 7.09. The summed E-state index contributed by atoms with van der Waals surface area (Å²) in [5.74, 6) is 0. The van der Waals surface area contributed by atoms with Crippen LogP contribution in [0.5, 0.6) is 0 Å². The number of benzene rings is 2. The van der Waals surface area contributed by atoms with E-state index in [2.05, 4.69) is 31.2 Å². The van der Waals surface area contributed by atoms with Gasteiger partial charge in [0.15, 0.2) is 0 Å². The standard InChI is InChI=1S/C20H29OP/c1-2-3-4-5-6-13-18-22(21,19-14-9-7-10-15-19)20-16-11-8-12-17-20/h7-12,14-17,21-22H,2-6,13,18H2,1H3. The Hall–Kier alpha value is -1.17. The van der Waals surface area contributed by atoms with Crippen LogP contribution in [0.1, 0.15) is 45.4 Å². The topological polar surface area (TPSA) is 20.2 Å². The number of hydrogen-bond donors (Lipinski definition) is 1. The molecule has 2 heteroatoms. The first-order valence-electron chi connectivity index (χ1n) is 8.61. The predicted octanol–water partition coefficient (Wildman–Crippen LogP) is 4.66. The summed E-state index contributed by atoms with van der Waals surface area (Å²) in [5.41, 5.74) is 0. The summed E-state index contributed by atoms with van der Waals surface area (Å²) >= 11 is 0. The Morgan fingerprint density at radius 1 is 0.682 bits per heavy atom. The summed E-state index contributed by atoms with van der Waals surface area (Å²) in [6, 6.07) is 20.6. The zero-order valence-corrected chi connectivity index (χ0v) is 14.7. The normalized spacial score (nSPS) is 12.3. The van der Waals surface area contributed by atoms with Gasteiger partial charge >= 0.3 is 135 Å². The molecule has 1 N–H and O–H groups in total. The van der Waals surface area contributed by atoms with Gasteiger partial charge in [0.2, 0.25) is 0 Å². The Balaban J connectivity index is 2.07. The molecule has 0 atom stereocenters. The molecule has 0 unspecified atom stereocenters. The fourth-order valence-corrected chi connectivity index (χ4v) is 6.20. The number of hydrogen-bond acceptors (Lipinski definition) is 1. The molecule has 0 radical (unpaired) electrons. The minimum absolute atomic E-state index is 0.924. The van der Waals surface area contributed by atoms with Gasteiger partial charge in [-0.1, -0.05) is 0 Å². The molecule has 1 nitrogen and oxygen atoms in total. The molecule has 0 fully saturated rings. The summed E-state index contributed by atoms with van der Waals surface area (Å²) in [4.78, 5) is 11.5. The Labute approximate surface area is 135 Å². The van der Waals surface area contributed by atoms with Crippen LogP contribution in [0.25, 0.3) is 0 Å². The van der Waals surface area contributed by atoms with Gasteiger partial charge in [-0.25, -0.2) is 0 Å². The monoisotopic (exact) mass is 316 g/mol. The maximum atomic E-state index is 11.5. The van der Waals surface area contributed by atoms with Crippen molar-refractivity contribution in [2.24, 2.45) is 0 Å². The van der Waals surface area contributed by atoms with Gasteiger partial charge in [-0.2, -0.15) is 0 Å². The van der Waals surface area contributed by atoms with Gasteiger partial charge in [0.05, 0.1) is 0 Å². The van der Waals surface area contributed by atoms with Crippen molar-refractivity contribution in [3.63, 3.8) is 0 Å². The van der Waals surface area contributed by atoms with Gasteiger partial charge in [0, 0.05) is 0 Å². The van der Waals surface area contributed by atoms with Gasteiger partial charge in [-0.15, -0.1) is 0 Å². The Morgan fingerprint density at radius 2 is 1.14 bits per heavy atom. The molecule has 120 valence electrons. The van der Waals surface area contributed by atoms with E-state index in [4.69, 9.17) is 0 Å². The molecule has 0 saturated carbocycles. The van der Waals surface area contributed by atoms with Crippen LogP contribution in [0.2, 0.25) is 0 Å². The van der Waals surface area contributed by atoms with Crippen molar-refractivity contribution in [1.29, 1.82) is 0 Å². The van der Waals surface area contributed by atoms with Crippen molar-refractivity contribution < 1.29 is 4.89 Å². The van der Waals surface area contributed by atoms with Gasteiger partial charge in [0.25, 0.3) is 0 Å². The van der Waals surface area contributed by atoms with E-state index >= 15 is 0 Å². The molecular formula is C20H29OP. The van der Waals surface area contributed by atoms with Crippen LogP contribution in [0, 0.1) is 0 Å². The molecule has 0 heterocycles. The average Bonchev–Trinajstić information content (AvgIpc) is 2.59. The van der Waals surface area contributed by atoms with Crippen LogP contribution in [-0.2, 0) is 0 Å². The molecule has 0 aliphatic rings. The molecule has 2 rings (SSSR count). The van der Waals surface area contributed by atoms with Crippen molar-refractivity contribution in [2.75, 3.05) is 6.16 Å². The van der Waals surface area contributed by atoms with Crippen molar-refractivity contribution >= 4 is 18.1 Å². The molecule has 0 aliphatic carbocycles. The number of unbranched alkanes of at least 4 members (excludes halogenated alkanes) is 5. The molecule has 0 aromatic heterocycles. The molecule has 0 spiro atoms. The van der Waals surface area contributed by atoms with E-state index in [1.807, 2.05) is 36.4 Å². The number of rotatable bonds is 9. The van der Waals surface area contributed by atoms with Crippen molar-refractivity contribution in [1.82, 2.24) is 0 Å². The van der Waals surface area contributed by atoms with Crippen molar-refractivity contribution in [2.45, 2.75) is 45.4 Å². The fourth-order valence-electron chi connectivity index (χ4n) is 3.04. The first kappa shape index (κ1) is 17.2. The van der Waals surface area contributed by atoms with E-state index in [-0.39, 0.29) is 0 Å². The second-order valence-electron chi connectivity index (χ2n) is 6.11. The molecule has 0 bridgehead atoms. The predicted molar refractivity (Wildman–Crippen MR) is 101 cm³/mol. The van der Waals surface area contributed by atoms with Gasteiger partial charge in [-0.3, -0.25) is 0 Å². The van der Waals surface area contributed by atoms with Gasteiger partial charge < -0.3 is 0 Å². The molecule has 2 aromatic rings. The Bertz CT molecular complexity index is 484. The summed E-state index contributed by atoms with van der Waals surface area (Å²) in [6.07, 6.45) is 8.51. The van der Waals surface area contributed by atoms with Crippen molar-refractivity contribution in [3.8, 4) is 0 Å². The van der Waals surface area contributed by atoms with Crippen LogP contribution in [0.4, 0.5) is 0 Å². The van der Waals surface area contributed by atoms with Crippen LogP contribution < -0.4 is 10.6 Å². The molecule has 0 saturated heterocycles. The van der Waals surface area contributed by atoms with E-state index in [9.17, 15) is 4.89 Å². The van der Waals surface area contributed by atoms with E-state index in [1.54, 1.807) is 0 Å². The van der Waals surface area contributed by atoms with E-state index in [0.717, 1.165) is 23.2 Å². The van der Waals surface area contributed by atoms with Gasteiger partial charge in [-0.05, 0) is 0 Å². The maximum absolute atomic E-state index is 11.5. The summed E-state index contributed by atoms with van der Waals surface area (Å²) in [6.45, 7) is 2.25. The van der Waals surface area contributed by atoms with Gasteiger partial charge in [0.1, 0.15) is 0 Å². The molecule has 0 aliphatic heterocycles. The third-order valence-corrected chi connectivity index (χ3v) is 8.05. The SMILES string of the molecule is CCCCCCCC[PH](O)(c1ccccc1)c1ccccc1.